The highest BCUT2D eigenvalue weighted by Crippen LogP contribution is 2.24. The van der Waals surface area contributed by atoms with Crippen LogP contribution in [0.3, 0.4) is 0 Å². The van der Waals surface area contributed by atoms with Crippen molar-refractivity contribution in [2.24, 2.45) is 5.10 Å². The number of non-ortho nitro benzene ring substituents is 1. The third-order valence-corrected chi connectivity index (χ3v) is 4.53. The van der Waals surface area contributed by atoms with Crippen molar-refractivity contribution in [3.63, 3.8) is 0 Å². The summed E-state index contributed by atoms with van der Waals surface area (Å²) < 4.78 is 35.4. The molecule has 0 aromatic heterocycles. The minimum atomic E-state index is -4.05. The molecule has 1 N–H and O–H groups in total. The molecule has 10 heteroatoms. The van der Waals surface area contributed by atoms with Gasteiger partial charge in [0.2, 0.25) is 0 Å². The summed E-state index contributed by atoms with van der Waals surface area (Å²) >= 11 is 0. The fraction of sp³-hybridized carbons (Fsp3) is 0.235. The van der Waals surface area contributed by atoms with Gasteiger partial charge in [0.15, 0.2) is 0 Å². The predicted octanol–water partition coefficient (Wildman–Crippen LogP) is 2.70. The molecular formula is C17H19N3O6S. The van der Waals surface area contributed by atoms with Gasteiger partial charge in [-0.15, -0.1) is 0 Å². The van der Waals surface area contributed by atoms with Crippen LogP contribution in [0.4, 0.5) is 5.69 Å². The van der Waals surface area contributed by atoms with Gasteiger partial charge in [0, 0.05) is 23.8 Å². The van der Waals surface area contributed by atoms with E-state index in [9.17, 15) is 18.5 Å². The Balaban J connectivity index is 2.20. The number of hydrogen-bond acceptors (Lipinski definition) is 7. The van der Waals surface area contributed by atoms with E-state index in [1.807, 2.05) is 18.7 Å². The number of rotatable bonds is 9. The first-order valence-corrected chi connectivity index (χ1v) is 9.54. The van der Waals surface area contributed by atoms with Gasteiger partial charge in [-0.05, 0) is 32.0 Å². The molecule has 0 aliphatic heterocycles. The van der Waals surface area contributed by atoms with Gasteiger partial charge in [0.05, 0.1) is 29.2 Å². The van der Waals surface area contributed by atoms with Crippen molar-refractivity contribution in [1.82, 2.24) is 4.83 Å². The Morgan fingerprint density at radius 2 is 1.89 bits per heavy atom. The monoisotopic (exact) mass is 393 g/mol. The summed E-state index contributed by atoms with van der Waals surface area (Å²) in [5, 5.41) is 14.5. The first kappa shape index (κ1) is 20.2. The summed E-state index contributed by atoms with van der Waals surface area (Å²) in [4.78, 5) is 11.9. The van der Waals surface area contributed by atoms with Gasteiger partial charge in [-0.1, -0.05) is 6.07 Å². The number of benzene rings is 2. The maximum atomic E-state index is 12.2. The van der Waals surface area contributed by atoms with E-state index in [0.717, 1.165) is 6.07 Å². The highest BCUT2D eigenvalue weighted by Gasteiger charge is 2.16. The van der Waals surface area contributed by atoms with E-state index in [1.54, 1.807) is 18.2 Å². The minimum Gasteiger partial charge on any atom is -0.494 e. The quantitative estimate of drug-likeness (QED) is 0.397. The zero-order valence-electron chi connectivity index (χ0n) is 14.8. The maximum absolute atomic E-state index is 12.2. The molecule has 0 heterocycles. The lowest BCUT2D eigenvalue weighted by molar-refractivity contribution is -0.385. The molecule has 0 spiro atoms. The Hall–Kier alpha value is -3.14. The van der Waals surface area contributed by atoms with Gasteiger partial charge in [-0.3, -0.25) is 10.1 Å². The molecule has 9 nitrogen and oxygen atoms in total. The van der Waals surface area contributed by atoms with Crippen molar-refractivity contribution in [1.29, 1.82) is 0 Å². The molecule has 0 saturated heterocycles. The second-order valence-electron chi connectivity index (χ2n) is 5.17. The summed E-state index contributed by atoms with van der Waals surface area (Å²) in [6.45, 7) is 4.59. The van der Waals surface area contributed by atoms with Crippen molar-refractivity contribution >= 4 is 21.9 Å². The second kappa shape index (κ2) is 8.99. The molecule has 0 unspecified atom stereocenters. The lowest BCUT2D eigenvalue weighted by atomic mass is 10.2. The van der Waals surface area contributed by atoms with E-state index < -0.39 is 14.9 Å². The summed E-state index contributed by atoms with van der Waals surface area (Å²) in [5.74, 6) is 1.11. The van der Waals surface area contributed by atoms with Gasteiger partial charge in [-0.2, -0.15) is 13.5 Å². The molecule has 0 bridgehead atoms. The third kappa shape index (κ3) is 5.42. The maximum Gasteiger partial charge on any atom is 0.276 e. The Morgan fingerprint density at radius 3 is 2.56 bits per heavy atom. The Kier molecular flexibility index (Phi) is 6.72. The SMILES string of the molecule is CCOc1ccc(/C=N/NS(=O)(=O)c2cccc([N+](=O)[O-])c2)c(OCC)c1. The van der Waals surface area contributed by atoms with Crippen LogP contribution in [0.25, 0.3) is 0 Å². The molecule has 144 valence electrons. The highest BCUT2D eigenvalue weighted by molar-refractivity contribution is 7.89. The van der Waals surface area contributed by atoms with Crippen molar-refractivity contribution in [2.75, 3.05) is 13.2 Å². The number of ether oxygens (including phenoxy) is 2. The lowest BCUT2D eigenvalue weighted by Crippen LogP contribution is -2.18. The van der Waals surface area contributed by atoms with Gasteiger partial charge < -0.3 is 9.47 Å². The van der Waals surface area contributed by atoms with Crippen LogP contribution in [0.2, 0.25) is 0 Å². The smallest absolute Gasteiger partial charge is 0.276 e. The van der Waals surface area contributed by atoms with Gasteiger partial charge in [0.25, 0.3) is 15.7 Å². The average Bonchev–Trinajstić information content (AvgIpc) is 2.64. The molecule has 2 rings (SSSR count). The van der Waals surface area contributed by atoms with Crippen LogP contribution >= 0.6 is 0 Å². The van der Waals surface area contributed by atoms with Gasteiger partial charge in [0.1, 0.15) is 11.5 Å². The van der Waals surface area contributed by atoms with E-state index >= 15 is 0 Å². The van der Waals surface area contributed by atoms with Crippen LogP contribution < -0.4 is 14.3 Å². The number of nitrogens with zero attached hydrogens (tertiary/aromatic N) is 2. The molecule has 27 heavy (non-hydrogen) atoms. The number of hydrogen-bond donors (Lipinski definition) is 1. The molecule has 0 amide bonds. The Labute approximate surface area is 156 Å². The van der Waals surface area contributed by atoms with Crippen LogP contribution in [-0.2, 0) is 10.0 Å². The second-order valence-corrected chi connectivity index (χ2v) is 6.83. The fourth-order valence-electron chi connectivity index (χ4n) is 2.14. The standard InChI is InChI=1S/C17H19N3O6S/c1-3-25-15-9-8-13(17(11-15)26-4-2)12-18-19-27(23,24)16-7-5-6-14(10-16)20(21)22/h5-12,19H,3-4H2,1-2H3/b18-12+. The molecule has 0 radical (unpaired) electrons. The number of nitrogens with one attached hydrogen (secondary N) is 1. The summed E-state index contributed by atoms with van der Waals surface area (Å²) in [7, 11) is -4.05. The predicted molar refractivity (Wildman–Crippen MR) is 99.8 cm³/mol. The zero-order chi connectivity index (χ0) is 19.9. The summed E-state index contributed by atoms with van der Waals surface area (Å²) in [6.07, 6.45) is 1.29. The van der Waals surface area contributed by atoms with Crippen LogP contribution in [0, 0.1) is 10.1 Å². The summed E-state index contributed by atoms with van der Waals surface area (Å²) in [6, 6.07) is 9.77. The molecular weight excluding hydrogens is 374 g/mol. The van der Waals surface area contributed by atoms with E-state index in [0.29, 0.717) is 30.3 Å². The van der Waals surface area contributed by atoms with Crippen LogP contribution in [0.5, 0.6) is 11.5 Å². The Bertz CT molecular complexity index is 943. The third-order valence-electron chi connectivity index (χ3n) is 3.31. The van der Waals surface area contributed by atoms with Crippen LogP contribution in [0.1, 0.15) is 19.4 Å². The van der Waals surface area contributed by atoms with Crippen molar-refractivity contribution in [2.45, 2.75) is 18.7 Å². The normalized spacial score (nSPS) is 11.3. The largest absolute Gasteiger partial charge is 0.494 e. The molecule has 0 atom stereocenters. The zero-order valence-corrected chi connectivity index (χ0v) is 15.6. The Morgan fingerprint density at radius 1 is 1.15 bits per heavy atom. The van der Waals surface area contributed by atoms with Gasteiger partial charge in [-0.25, -0.2) is 4.83 Å². The van der Waals surface area contributed by atoms with E-state index in [4.69, 9.17) is 9.47 Å². The van der Waals surface area contributed by atoms with Crippen molar-refractivity contribution in [3.05, 3.63) is 58.1 Å². The molecule has 0 aliphatic rings. The van der Waals surface area contributed by atoms with E-state index in [1.165, 1.54) is 24.4 Å². The molecule has 2 aromatic carbocycles. The lowest BCUT2D eigenvalue weighted by Gasteiger charge is -2.10. The summed E-state index contributed by atoms with van der Waals surface area (Å²) in [5.41, 5.74) is 0.217. The number of hydrazone groups is 1. The number of nitro groups is 1. The van der Waals surface area contributed by atoms with Crippen molar-refractivity contribution < 1.29 is 22.8 Å². The molecule has 0 aliphatic carbocycles. The first-order chi connectivity index (χ1) is 12.9. The van der Waals surface area contributed by atoms with Crippen molar-refractivity contribution in [3.8, 4) is 11.5 Å². The number of sulfonamides is 1. The number of nitro benzene ring substituents is 1. The molecule has 2 aromatic rings. The average molecular weight is 393 g/mol. The fourth-order valence-corrected chi connectivity index (χ4v) is 2.97. The van der Waals surface area contributed by atoms with Crippen LogP contribution in [-0.4, -0.2) is 32.8 Å². The van der Waals surface area contributed by atoms with E-state index in [2.05, 4.69) is 5.10 Å². The minimum absolute atomic E-state index is 0.259. The van der Waals surface area contributed by atoms with Gasteiger partial charge >= 0.3 is 0 Å². The first-order valence-electron chi connectivity index (χ1n) is 8.06. The molecule has 0 saturated carbocycles. The molecule has 0 fully saturated rings. The van der Waals surface area contributed by atoms with E-state index in [-0.39, 0.29) is 10.6 Å². The topological polar surface area (TPSA) is 120 Å². The highest BCUT2D eigenvalue weighted by atomic mass is 32.2. The van der Waals surface area contributed by atoms with Crippen LogP contribution in [0.15, 0.2) is 52.5 Å².